The van der Waals surface area contributed by atoms with E-state index < -0.39 is 0 Å². The number of rotatable bonds is 5. The first kappa shape index (κ1) is 12.2. The average molecular weight is 254 g/mol. The summed E-state index contributed by atoms with van der Waals surface area (Å²) in [5.74, 6) is 1.06. The number of benzene rings is 1. The topological polar surface area (TPSA) is 38.3 Å². The van der Waals surface area contributed by atoms with Crippen molar-refractivity contribution >= 4 is 17.5 Å². The van der Waals surface area contributed by atoms with Gasteiger partial charge in [-0.25, -0.2) is 0 Å². The van der Waals surface area contributed by atoms with Crippen molar-refractivity contribution in [3.8, 4) is 5.75 Å². The van der Waals surface area contributed by atoms with E-state index in [2.05, 4.69) is 5.32 Å². The molecule has 0 heterocycles. The summed E-state index contributed by atoms with van der Waals surface area (Å²) in [7, 11) is 0. The fraction of sp³-hybridized carbons (Fsp3) is 0.462. The summed E-state index contributed by atoms with van der Waals surface area (Å²) in [6.07, 6.45) is 2.05. The first-order valence-electron chi connectivity index (χ1n) is 5.83. The smallest absolute Gasteiger partial charge is 0.223 e. The highest BCUT2D eigenvalue weighted by atomic mass is 35.5. The van der Waals surface area contributed by atoms with Crippen LogP contribution < -0.4 is 10.1 Å². The minimum Gasteiger partial charge on any atom is -0.490 e. The molecule has 0 bridgehead atoms. The third-order valence-corrected chi connectivity index (χ3v) is 3.01. The van der Waals surface area contributed by atoms with Gasteiger partial charge in [0.05, 0.1) is 11.6 Å². The fourth-order valence-corrected chi connectivity index (χ4v) is 1.72. The maximum absolute atomic E-state index is 11.3. The lowest BCUT2D eigenvalue weighted by molar-refractivity contribution is -0.122. The summed E-state index contributed by atoms with van der Waals surface area (Å²) < 4.78 is 5.52. The average Bonchev–Trinajstić information content (AvgIpc) is 3.12. The van der Waals surface area contributed by atoms with E-state index in [1.54, 1.807) is 0 Å². The summed E-state index contributed by atoms with van der Waals surface area (Å²) >= 11 is 5.99. The van der Waals surface area contributed by atoms with Crippen molar-refractivity contribution in [2.45, 2.75) is 19.8 Å². The highest BCUT2D eigenvalue weighted by molar-refractivity contribution is 6.32. The molecule has 92 valence electrons. The maximum atomic E-state index is 11.3. The second-order valence-corrected chi connectivity index (χ2v) is 4.75. The Balaban J connectivity index is 1.73. The minimum absolute atomic E-state index is 0.143. The van der Waals surface area contributed by atoms with Gasteiger partial charge in [0.1, 0.15) is 12.4 Å². The second kappa shape index (κ2) is 5.41. The van der Waals surface area contributed by atoms with Gasteiger partial charge in [0, 0.05) is 5.92 Å². The van der Waals surface area contributed by atoms with Crippen LogP contribution >= 0.6 is 11.6 Å². The molecule has 17 heavy (non-hydrogen) atoms. The van der Waals surface area contributed by atoms with Crippen molar-refractivity contribution in [3.05, 3.63) is 28.8 Å². The van der Waals surface area contributed by atoms with Crippen LogP contribution in [0.5, 0.6) is 5.75 Å². The standard InChI is InChI=1S/C13H16ClNO2/c1-9-2-5-11(14)12(8-9)17-7-6-15-13(16)10-3-4-10/h2,5,8,10H,3-4,6-7H2,1H3,(H,15,16). The van der Waals surface area contributed by atoms with Crippen molar-refractivity contribution in [1.82, 2.24) is 5.32 Å². The molecular weight excluding hydrogens is 238 g/mol. The molecule has 0 atom stereocenters. The molecule has 0 spiro atoms. The number of carbonyl (C=O) groups excluding carboxylic acids is 1. The predicted octanol–water partition coefficient (Wildman–Crippen LogP) is 2.55. The van der Waals surface area contributed by atoms with Crippen molar-refractivity contribution in [3.63, 3.8) is 0 Å². The molecule has 0 aliphatic heterocycles. The van der Waals surface area contributed by atoms with Gasteiger partial charge in [-0.1, -0.05) is 17.7 Å². The Morgan fingerprint density at radius 2 is 2.29 bits per heavy atom. The number of hydrogen-bond acceptors (Lipinski definition) is 2. The molecule has 0 radical (unpaired) electrons. The maximum Gasteiger partial charge on any atom is 0.223 e. The van der Waals surface area contributed by atoms with Crippen LogP contribution in [0, 0.1) is 12.8 Å². The Bertz CT molecular complexity index is 416. The summed E-state index contributed by atoms with van der Waals surface area (Å²) in [5.41, 5.74) is 1.10. The molecule has 0 aromatic heterocycles. The van der Waals surface area contributed by atoms with Crippen molar-refractivity contribution in [2.75, 3.05) is 13.2 Å². The van der Waals surface area contributed by atoms with Crippen LogP contribution in [0.25, 0.3) is 0 Å². The number of nitrogens with one attached hydrogen (secondary N) is 1. The van der Waals surface area contributed by atoms with Crippen LogP contribution in [-0.4, -0.2) is 19.1 Å². The van der Waals surface area contributed by atoms with E-state index in [0.29, 0.717) is 23.9 Å². The molecular formula is C13H16ClNO2. The largest absolute Gasteiger partial charge is 0.490 e. The van der Waals surface area contributed by atoms with Gasteiger partial charge in [0.2, 0.25) is 5.91 Å². The van der Waals surface area contributed by atoms with E-state index in [1.165, 1.54) is 0 Å². The van der Waals surface area contributed by atoms with Gasteiger partial charge in [0.25, 0.3) is 0 Å². The number of aryl methyl sites for hydroxylation is 1. The summed E-state index contributed by atoms with van der Waals surface area (Å²) in [6.45, 7) is 2.96. The number of carbonyl (C=O) groups is 1. The lowest BCUT2D eigenvalue weighted by atomic mass is 10.2. The Labute approximate surface area is 106 Å². The van der Waals surface area contributed by atoms with Crippen LogP contribution in [0.4, 0.5) is 0 Å². The predicted molar refractivity (Wildman–Crippen MR) is 67.4 cm³/mol. The van der Waals surface area contributed by atoms with Crippen molar-refractivity contribution < 1.29 is 9.53 Å². The van der Waals surface area contributed by atoms with E-state index in [9.17, 15) is 4.79 Å². The lowest BCUT2D eigenvalue weighted by Crippen LogP contribution is -2.29. The lowest BCUT2D eigenvalue weighted by Gasteiger charge is -2.09. The van der Waals surface area contributed by atoms with E-state index in [4.69, 9.17) is 16.3 Å². The molecule has 1 amide bonds. The van der Waals surface area contributed by atoms with Gasteiger partial charge >= 0.3 is 0 Å². The molecule has 1 aliphatic rings. The molecule has 1 N–H and O–H groups in total. The molecule has 1 fully saturated rings. The van der Waals surface area contributed by atoms with Gasteiger partial charge in [0.15, 0.2) is 0 Å². The first-order chi connectivity index (χ1) is 8.16. The first-order valence-corrected chi connectivity index (χ1v) is 6.21. The van der Waals surface area contributed by atoms with Gasteiger partial charge in [-0.3, -0.25) is 4.79 Å². The molecule has 1 aliphatic carbocycles. The van der Waals surface area contributed by atoms with Crippen LogP contribution in [-0.2, 0) is 4.79 Å². The highest BCUT2D eigenvalue weighted by Crippen LogP contribution is 2.28. The number of halogens is 1. The molecule has 2 rings (SSSR count). The van der Waals surface area contributed by atoms with Crippen LogP contribution in [0.15, 0.2) is 18.2 Å². The zero-order valence-electron chi connectivity index (χ0n) is 9.83. The van der Waals surface area contributed by atoms with E-state index in [0.717, 1.165) is 18.4 Å². The Morgan fingerprint density at radius 3 is 3.00 bits per heavy atom. The molecule has 0 saturated heterocycles. The van der Waals surface area contributed by atoms with Crippen LogP contribution in [0.1, 0.15) is 18.4 Å². The third kappa shape index (κ3) is 3.63. The zero-order chi connectivity index (χ0) is 12.3. The Kier molecular flexibility index (Phi) is 3.89. The van der Waals surface area contributed by atoms with Crippen LogP contribution in [0.3, 0.4) is 0 Å². The van der Waals surface area contributed by atoms with Crippen molar-refractivity contribution in [1.29, 1.82) is 0 Å². The van der Waals surface area contributed by atoms with Gasteiger partial charge in [-0.2, -0.15) is 0 Å². The Hall–Kier alpha value is -1.22. The third-order valence-electron chi connectivity index (χ3n) is 2.69. The van der Waals surface area contributed by atoms with E-state index in [-0.39, 0.29) is 11.8 Å². The van der Waals surface area contributed by atoms with Gasteiger partial charge in [-0.05, 0) is 37.5 Å². The Morgan fingerprint density at radius 1 is 1.53 bits per heavy atom. The highest BCUT2D eigenvalue weighted by Gasteiger charge is 2.28. The molecule has 1 aromatic carbocycles. The monoisotopic (exact) mass is 253 g/mol. The van der Waals surface area contributed by atoms with Gasteiger partial charge < -0.3 is 10.1 Å². The van der Waals surface area contributed by atoms with Crippen LogP contribution in [0.2, 0.25) is 5.02 Å². The van der Waals surface area contributed by atoms with E-state index >= 15 is 0 Å². The van der Waals surface area contributed by atoms with E-state index in [1.807, 2.05) is 25.1 Å². The number of ether oxygens (including phenoxy) is 1. The normalized spacial score (nSPS) is 14.5. The van der Waals surface area contributed by atoms with Crippen molar-refractivity contribution in [2.24, 2.45) is 5.92 Å². The second-order valence-electron chi connectivity index (χ2n) is 4.35. The molecule has 1 aromatic rings. The molecule has 0 unspecified atom stereocenters. The zero-order valence-corrected chi connectivity index (χ0v) is 10.6. The molecule has 3 nitrogen and oxygen atoms in total. The SMILES string of the molecule is Cc1ccc(Cl)c(OCCNC(=O)C2CC2)c1. The quantitative estimate of drug-likeness (QED) is 0.819. The number of amides is 1. The van der Waals surface area contributed by atoms with Gasteiger partial charge in [-0.15, -0.1) is 0 Å². The summed E-state index contributed by atoms with van der Waals surface area (Å²) in [4.78, 5) is 11.3. The minimum atomic E-state index is 0.143. The summed E-state index contributed by atoms with van der Waals surface area (Å²) in [6, 6.07) is 5.64. The summed E-state index contributed by atoms with van der Waals surface area (Å²) in [5, 5.41) is 3.44. The molecule has 1 saturated carbocycles. The number of hydrogen-bond donors (Lipinski definition) is 1. The fourth-order valence-electron chi connectivity index (χ4n) is 1.55. The molecule has 4 heteroatoms.